The van der Waals surface area contributed by atoms with Crippen LogP contribution in [-0.2, 0) is 6.54 Å². The molecule has 1 aliphatic heterocycles. The highest BCUT2D eigenvalue weighted by molar-refractivity contribution is 5.56. The van der Waals surface area contributed by atoms with E-state index in [1.807, 2.05) is 19.1 Å². The second-order valence-corrected chi connectivity index (χ2v) is 6.33. The first-order chi connectivity index (χ1) is 11.2. The van der Waals surface area contributed by atoms with E-state index in [9.17, 15) is 5.11 Å². The molecule has 1 fully saturated rings. The van der Waals surface area contributed by atoms with Gasteiger partial charge in [-0.2, -0.15) is 5.10 Å². The van der Waals surface area contributed by atoms with Crippen molar-refractivity contribution in [2.45, 2.75) is 38.8 Å². The third-order valence-electron chi connectivity index (χ3n) is 4.32. The second-order valence-electron chi connectivity index (χ2n) is 6.33. The largest absolute Gasteiger partial charge is 0.460 e. The standard InChI is InChI=1S/C17H26N4O2/c1-13-5-6-16(23-13)17-14(10-19-20-17)9-18-11-15(22)12-21-7-3-2-4-8-21/h5-6,10,15,18,22H,2-4,7-9,11-12H2,1H3,(H,19,20). The van der Waals surface area contributed by atoms with Crippen molar-refractivity contribution in [1.82, 2.24) is 20.4 Å². The molecule has 3 N–H and O–H groups in total. The predicted molar refractivity (Wildman–Crippen MR) is 89.0 cm³/mol. The van der Waals surface area contributed by atoms with Gasteiger partial charge in [0.15, 0.2) is 5.76 Å². The summed E-state index contributed by atoms with van der Waals surface area (Å²) < 4.78 is 5.64. The number of hydrogen-bond donors (Lipinski definition) is 3. The van der Waals surface area contributed by atoms with E-state index >= 15 is 0 Å². The number of rotatable bonds is 7. The van der Waals surface area contributed by atoms with Gasteiger partial charge in [0.2, 0.25) is 0 Å². The Hall–Kier alpha value is -1.63. The molecule has 0 bridgehead atoms. The van der Waals surface area contributed by atoms with Crippen LogP contribution in [0.25, 0.3) is 11.5 Å². The van der Waals surface area contributed by atoms with Crippen LogP contribution in [-0.4, -0.2) is 52.5 Å². The van der Waals surface area contributed by atoms with Gasteiger partial charge < -0.3 is 19.7 Å². The Morgan fingerprint density at radius 2 is 2.17 bits per heavy atom. The lowest BCUT2D eigenvalue weighted by atomic mass is 10.1. The van der Waals surface area contributed by atoms with Crippen LogP contribution in [0.4, 0.5) is 0 Å². The quantitative estimate of drug-likeness (QED) is 0.727. The highest BCUT2D eigenvalue weighted by Gasteiger charge is 2.15. The molecule has 1 atom stereocenters. The van der Waals surface area contributed by atoms with Crippen LogP contribution < -0.4 is 5.32 Å². The molecule has 126 valence electrons. The summed E-state index contributed by atoms with van der Waals surface area (Å²) in [5.41, 5.74) is 1.95. The zero-order valence-electron chi connectivity index (χ0n) is 13.7. The Balaban J connectivity index is 1.46. The Labute approximate surface area is 136 Å². The summed E-state index contributed by atoms with van der Waals surface area (Å²) in [6, 6.07) is 3.88. The number of aliphatic hydroxyl groups is 1. The lowest BCUT2D eigenvalue weighted by Gasteiger charge is -2.28. The van der Waals surface area contributed by atoms with Crippen molar-refractivity contribution < 1.29 is 9.52 Å². The first kappa shape index (κ1) is 16.2. The van der Waals surface area contributed by atoms with Gasteiger partial charge in [-0.3, -0.25) is 5.10 Å². The molecule has 6 heteroatoms. The molecular weight excluding hydrogens is 292 g/mol. The normalized spacial score (nSPS) is 17.5. The van der Waals surface area contributed by atoms with E-state index in [0.29, 0.717) is 13.1 Å². The van der Waals surface area contributed by atoms with Gasteiger partial charge in [0.05, 0.1) is 12.3 Å². The molecule has 1 aliphatic rings. The van der Waals surface area contributed by atoms with E-state index in [1.54, 1.807) is 6.20 Å². The van der Waals surface area contributed by atoms with Crippen molar-refractivity contribution >= 4 is 0 Å². The molecule has 0 spiro atoms. The maximum atomic E-state index is 10.2. The minimum atomic E-state index is -0.339. The number of aliphatic hydroxyl groups excluding tert-OH is 1. The van der Waals surface area contributed by atoms with Gasteiger partial charge in [-0.1, -0.05) is 6.42 Å². The third kappa shape index (κ3) is 4.43. The zero-order valence-corrected chi connectivity index (χ0v) is 13.7. The van der Waals surface area contributed by atoms with E-state index in [-0.39, 0.29) is 6.10 Å². The van der Waals surface area contributed by atoms with Gasteiger partial charge in [-0.05, 0) is 45.0 Å². The van der Waals surface area contributed by atoms with Crippen LogP contribution in [0.3, 0.4) is 0 Å². The summed E-state index contributed by atoms with van der Waals surface area (Å²) in [6.45, 7) is 6.14. The Kier molecular flexibility index (Phi) is 5.48. The number of aryl methyl sites for hydroxylation is 1. The van der Waals surface area contributed by atoms with Crippen LogP contribution in [0, 0.1) is 6.92 Å². The molecule has 1 unspecified atom stereocenters. The molecule has 0 radical (unpaired) electrons. The van der Waals surface area contributed by atoms with Crippen molar-refractivity contribution in [3.8, 4) is 11.5 Å². The maximum Gasteiger partial charge on any atom is 0.152 e. The fraction of sp³-hybridized carbons (Fsp3) is 0.588. The monoisotopic (exact) mass is 318 g/mol. The summed E-state index contributed by atoms with van der Waals surface area (Å²) in [4.78, 5) is 2.35. The summed E-state index contributed by atoms with van der Waals surface area (Å²) in [5.74, 6) is 1.68. The molecule has 0 aromatic carbocycles. The maximum absolute atomic E-state index is 10.2. The van der Waals surface area contributed by atoms with Crippen molar-refractivity contribution in [3.05, 3.63) is 29.7 Å². The number of nitrogens with one attached hydrogen (secondary N) is 2. The molecule has 3 rings (SSSR count). The molecule has 0 aliphatic carbocycles. The highest BCUT2D eigenvalue weighted by atomic mass is 16.3. The van der Waals surface area contributed by atoms with Gasteiger partial charge in [0, 0.05) is 25.2 Å². The van der Waals surface area contributed by atoms with Crippen molar-refractivity contribution in [1.29, 1.82) is 0 Å². The molecule has 0 amide bonds. The number of β-amino-alcohol motifs (C(OH)–C–C–N with tert-alkyl or cyclic N) is 1. The summed E-state index contributed by atoms with van der Waals surface area (Å²) in [6.07, 6.45) is 5.29. The number of nitrogens with zero attached hydrogens (tertiary/aromatic N) is 2. The van der Waals surface area contributed by atoms with Crippen molar-refractivity contribution in [2.24, 2.45) is 0 Å². The van der Waals surface area contributed by atoms with E-state index in [2.05, 4.69) is 20.4 Å². The fourth-order valence-electron chi connectivity index (χ4n) is 3.11. The van der Waals surface area contributed by atoms with Gasteiger partial charge in [0.1, 0.15) is 11.5 Å². The van der Waals surface area contributed by atoms with Crippen LogP contribution >= 0.6 is 0 Å². The average Bonchev–Trinajstić information content (AvgIpc) is 3.17. The zero-order chi connectivity index (χ0) is 16.1. The third-order valence-corrected chi connectivity index (χ3v) is 4.32. The predicted octanol–water partition coefficient (Wildman–Crippen LogP) is 1.91. The molecule has 3 heterocycles. The van der Waals surface area contributed by atoms with Crippen LogP contribution in [0.1, 0.15) is 30.6 Å². The number of H-pyrrole nitrogens is 1. The lowest BCUT2D eigenvalue weighted by Crippen LogP contribution is -2.40. The first-order valence-corrected chi connectivity index (χ1v) is 8.42. The Morgan fingerprint density at radius 3 is 2.91 bits per heavy atom. The molecule has 1 saturated heterocycles. The summed E-state index contributed by atoms with van der Waals surface area (Å²) in [7, 11) is 0. The molecule has 0 saturated carbocycles. The average molecular weight is 318 g/mol. The van der Waals surface area contributed by atoms with E-state index in [1.165, 1.54) is 19.3 Å². The van der Waals surface area contributed by atoms with Crippen LogP contribution in [0.2, 0.25) is 0 Å². The number of hydrogen-bond acceptors (Lipinski definition) is 5. The first-order valence-electron chi connectivity index (χ1n) is 8.42. The molecule has 2 aromatic heterocycles. The lowest BCUT2D eigenvalue weighted by molar-refractivity contribution is 0.1000. The van der Waals surface area contributed by atoms with Crippen molar-refractivity contribution in [3.63, 3.8) is 0 Å². The molecule has 2 aromatic rings. The minimum absolute atomic E-state index is 0.339. The van der Waals surface area contributed by atoms with Crippen molar-refractivity contribution in [2.75, 3.05) is 26.2 Å². The Morgan fingerprint density at radius 1 is 1.35 bits per heavy atom. The van der Waals surface area contributed by atoms with Gasteiger partial charge >= 0.3 is 0 Å². The number of furan rings is 1. The molecular formula is C17H26N4O2. The van der Waals surface area contributed by atoms with E-state index in [4.69, 9.17) is 4.42 Å². The molecule has 6 nitrogen and oxygen atoms in total. The number of piperidine rings is 1. The van der Waals surface area contributed by atoms with Crippen LogP contribution in [0.5, 0.6) is 0 Å². The topological polar surface area (TPSA) is 77.3 Å². The summed E-state index contributed by atoms with van der Waals surface area (Å²) >= 11 is 0. The van der Waals surface area contributed by atoms with E-state index < -0.39 is 0 Å². The smallest absolute Gasteiger partial charge is 0.152 e. The van der Waals surface area contributed by atoms with Crippen LogP contribution in [0.15, 0.2) is 22.7 Å². The Bertz CT molecular complexity index is 601. The van der Waals surface area contributed by atoms with Gasteiger partial charge in [-0.25, -0.2) is 0 Å². The van der Waals surface area contributed by atoms with E-state index in [0.717, 1.165) is 42.4 Å². The minimum Gasteiger partial charge on any atom is -0.460 e. The number of likely N-dealkylation sites (tertiary alicyclic amines) is 1. The second kappa shape index (κ2) is 7.77. The van der Waals surface area contributed by atoms with Gasteiger partial charge in [0.25, 0.3) is 0 Å². The highest BCUT2D eigenvalue weighted by Crippen LogP contribution is 2.23. The number of aromatic amines is 1. The number of aromatic nitrogens is 2. The fourth-order valence-corrected chi connectivity index (χ4v) is 3.11. The summed E-state index contributed by atoms with van der Waals surface area (Å²) in [5, 5.41) is 20.6. The van der Waals surface area contributed by atoms with Gasteiger partial charge in [-0.15, -0.1) is 0 Å². The SMILES string of the molecule is Cc1ccc(-c2[nH]ncc2CNCC(O)CN2CCCCC2)o1. The molecule has 23 heavy (non-hydrogen) atoms.